The fraction of sp³-hybridized carbons (Fsp3) is 0.130. The van der Waals surface area contributed by atoms with Crippen LogP contribution in [0.4, 0.5) is 4.79 Å². The van der Waals surface area contributed by atoms with E-state index in [1.54, 1.807) is 47.2 Å². The van der Waals surface area contributed by atoms with E-state index in [4.69, 9.17) is 4.74 Å². The number of halogens is 1. The number of nitrogens with zero attached hydrogens (tertiary/aromatic N) is 2. The molecule has 0 unspecified atom stereocenters. The van der Waals surface area contributed by atoms with E-state index in [1.807, 2.05) is 18.2 Å². The summed E-state index contributed by atoms with van der Waals surface area (Å²) in [6.45, 7) is -0.308. The van der Waals surface area contributed by atoms with Crippen molar-refractivity contribution in [2.75, 3.05) is 13.7 Å². The van der Waals surface area contributed by atoms with Gasteiger partial charge < -0.3 is 9.30 Å². The molecule has 0 aliphatic carbocycles. The van der Waals surface area contributed by atoms with Crippen LogP contribution in [0, 0.1) is 0 Å². The van der Waals surface area contributed by atoms with E-state index in [0.29, 0.717) is 11.1 Å². The lowest BCUT2D eigenvalue weighted by Crippen LogP contribution is -2.33. The van der Waals surface area contributed by atoms with E-state index in [2.05, 4.69) is 15.9 Å². The predicted molar refractivity (Wildman–Crippen MR) is 125 cm³/mol. The fourth-order valence-electron chi connectivity index (χ4n) is 3.38. The molecule has 1 aliphatic rings. The van der Waals surface area contributed by atoms with Gasteiger partial charge in [-0.05, 0) is 36.0 Å². The summed E-state index contributed by atoms with van der Waals surface area (Å²) >= 11 is 4.23. The normalized spacial score (nSPS) is 15.1. The number of aromatic nitrogens is 1. The van der Waals surface area contributed by atoms with E-state index >= 15 is 0 Å². The third-order valence-corrected chi connectivity index (χ3v) is 6.36. The second-order valence-electron chi connectivity index (χ2n) is 7.01. The van der Waals surface area contributed by atoms with Gasteiger partial charge in [0.1, 0.15) is 6.54 Å². The molecule has 32 heavy (non-hydrogen) atoms. The molecule has 2 amide bonds. The first-order chi connectivity index (χ1) is 15.4. The topological polar surface area (TPSA) is 85.7 Å². The molecule has 2 heterocycles. The highest BCUT2D eigenvalue weighted by Gasteiger charge is 2.36. The minimum absolute atomic E-state index is 0.00945. The largest absolute Gasteiger partial charge is 0.468 e. The van der Waals surface area contributed by atoms with Gasteiger partial charge >= 0.3 is 5.97 Å². The van der Waals surface area contributed by atoms with Crippen molar-refractivity contribution >= 4 is 67.6 Å². The number of Topliss-reactive ketones (excluding diaryl/α,β-unsaturated/α-hetero) is 1. The first-order valence-electron chi connectivity index (χ1n) is 9.56. The van der Waals surface area contributed by atoms with E-state index in [9.17, 15) is 19.2 Å². The van der Waals surface area contributed by atoms with E-state index < -0.39 is 17.1 Å². The van der Waals surface area contributed by atoms with Crippen molar-refractivity contribution in [3.8, 4) is 0 Å². The number of methoxy groups -OCH3 is 1. The van der Waals surface area contributed by atoms with Crippen molar-refractivity contribution in [3.63, 3.8) is 0 Å². The number of hydrogen-bond donors (Lipinski definition) is 0. The van der Waals surface area contributed by atoms with Crippen LogP contribution in [0.15, 0.2) is 64.1 Å². The number of hydrogen-bond acceptors (Lipinski definition) is 6. The number of carbonyl (C=O) groups excluding carboxylic acids is 4. The van der Waals surface area contributed by atoms with Gasteiger partial charge in [-0.25, -0.2) is 0 Å². The zero-order valence-electron chi connectivity index (χ0n) is 16.9. The molecule has 0 N–H and O–H groups in total. The summed E-state index contributed by atoms with van der Waals surface area (Å²) in [6.07, 6.45) is 3.34. The van der Waals surface area contributed by atoms with Crippen molar-refractivity contribution in [1.29, 1.82) is 0 Å². The molecule has 1 fully saturated rings. The Morgan fingerprint density at radius 2 is 1.84 bits per heavy atom. The van der Waals surface area contributed by atoms with Crippen LogP contribution >= 0.6 is 27.7 Å². The van der Waals surface area contributed by atoms with Crippen LogP contribution in [0.25, 0.3) is 17.0 Å². The molecule has 0 bridgehead atoms. The monoisotopic (exact) mass is 512 g/mol. The van der Waals surface area contributed by atoms with Gasteiger partial charge in [-0.15, -0.1) is 0 Å². The molecule has 1 saturated heterocycles. The number of rotatable bonds is 6. The predicted octanol–water partition coefficient (Wildman–Crippen LogP) is 4.50. The SMILES string of the molecule is COC(=O)Cn1cc(/C=C2\SC(=O)N(CC(=O)c3ccccc3)C2=O)c2cc(Br)ccc21. The van der Waals surface area contributed by atoms with Crippen LogP contribution in [0.1, 0.15) is 15.9 Å². The molecule has 0 spiro atoms. The third-order valence-electron chi connectivity index (χ3n) is 4.96. The second-order valence-corrected chi connectivity index (χ2v) is 8.92. The molecule has 3 aromatic rings. The lowest BCUT2D eigenvalue weighted by molar-refractivity contribution is -0.141. The number of carbonyl (C=O) groups is 4. The van der Waals surface area contributed by atoms with E-state index in [-0.39, 0.29) is 23.8 Å². The van der Waals surface area contributed by atoms with Crippen LogP contribution in [-0.4, -0.2) is 46.0 Å². The first-order valence-corrected chi connectivity index (χ1v) is 11.2. The second kappa shape index (κ2) is 9.13. The Bertz CT molecular complexity index is 1280. The molecule has 4 rings (SSSR count). The number of benzene rings is 2. The third kappa shape index (κ3) is 4.39. The minimum atomic E-state index is -0.520. The molecule has 1 aromatic heterocycles. The van der Waals surface area contributed by atoms with Crippen molar-refractivity contribution in [2.24, 2.45) is 0 Å². The molecule has 162 valence electrons. The van der Waals surface area contributed by atoms with Crippen LogP contribution in [0.5, 0.6) is 0 Å². The molecule has 9 heteroatoms. The van der Waals surface area contributed by atoms with Crippen LogP contribution in [0.3, 0.4) is 0 Å². The average molecular weight is 513 g/mol. The molecule has 7 nitrogen and oxygen atoms in total. The Labute approximate surface area is 196 Å². The molecule has 0 saturated carbocycles. The summed E-state index contributed by atoms with van der Waals surface area (Å²) in [6, 6.07) is 14.1. The highest BCUT2D eigenvalue weighted by molar-refractivity contribution is 9.10. The number of thioether (sulfide) groups is 1. The molecular formula is C23H17BrN2O5S. The molecule has 1 aliphatic heterocycles. The summed E-state index contributed by atoms with van der Waals surface area (Å²) in [7, 11) is 1.32. The first kappa shape index (κ1) is 22.0. The van der Waals surface area contributed by atoms with Gasteiger partial charge in [0.25, 0.3) is 11.1 Å². The fourth-order valence-corrected chi connectivity index (χ4v) is 4.57. The summed E-state index contributed by atoms with van der Waals surface area (Å²) in [5, 5.41) is 0.306. The molecule has 0 radical (unpaired) electrons. The molecular weight excluding hydrogens is 496 g/mol. The number of esters is 1. The zero-order chi connectivity index (χ0) is 22.8. The Morgan fingerprint density at radius 1 is 1.09 bits per heavy atom. The lowest BCUT2D eigenvalue weighted by Gasteiger charge is -2.11. The Kier molecular flexibility index (Phi) is 6.29. The van der Waals surface area contributed by atoms with Crippen LogP contribution in [-0.2, 0) is 20.9 Å². The van der Waals surface area contributed by atoms with Gasteiger partial charge in [0.15, 0.2) is 5.78 Å². The number of ether oxygens (including phenoxy) is 1. The van der Waals surface area contributed by atoms with Crippen LogP contribution < -0.4 is 0 Å². The molecule has 2 aromatic carbocycles. The summed E-state index contributed by atoms with van der Waals surface area (Å²) in [5.74, 6) is -1.24. The van der Waals surface area contributed by atoms with Crippen molar-refractivity contribution in [2.45, 2.75) is 6.54 Å². The lowest BCUT2D eigenvalue weighted by atomic mass is 10.1. The van der Waals surface area contributed by atoms with Crippen molar-refractivity contribution in [1.82, 2.24) is 9.47 Å². The zero-order valence-corrected chi connectivity index (χ0v) is 19.3. The number of imide groups is 1. The average Bonchev–Trinajstić information content (AvgIpc) is 3.25. The van der Waals surface area contributed by atoms with E-state index in [1.165, 1.54) is 7.11 Å². The van der Waals surface area contributed by atoms with Crippen molar-refractivity contribution in [3.05, 3.63) is 75.2 Å². The highest BCUT2D eigenvalue weighted by atomic mass is 79.9. The van der Waals surface area contributed by atoms with Gasteiger partial charge in [0.2, 0.25) is 0 Å². The maximum absolute atomic E-state index is 12.9. The number of amides is 2. The summed E-state index contributed by atoms with van der Waals surface area (Å²) in [4.78, 5) is 50.8. The molecule has 0 atom stereocenters. The van der Waals surface area contributed by atoms with E-state index in [0.717, 1.165) is 32.0 Å². The quantitative estimate of drug-likeness (QED) is 0.274. The Balaban J connectivity index is 1.64. The number of fused-ring (bicyclic) bond motifs is 1. The van der Waals surface area contributed by atoms with Gasteiger partial charge in [-0.2, -0.15) is 0 Å². The standard InChI is InChI=1S/C23H17BrN2O5S/c1-31-21(28)13-25-11-15(17-10-16(24)7-8-18(17)25)9-20-22(29)26(23(30)32-20)12-19(27)14-5-3-2-4-6-14/h2-11H,12-13H2,1H3/b20-9-. The number of ketones is 1. The Hall–Kier alpha value is -3.17. The van der Waals surface area contributed by atoms with Crippen molar-refractivity contribution < 1.29 is 23.9 Å². The maximum atomic E-state index is 12.9. The van der Waals surface area contributed by atoms with Crippen LogP contribution in [0.2, 0.25) is 0 Å². The Morgan fingerprint density at radius 3 is 2.56 bits per heavy atom. The summed E-state index contributed by atoms with van der Waals surface area (Å²) in [5.41, 5.74) is 1.89. The van der Waals surface area contributed by atoms with Gasteiger partial charge in [-0.1, -0.05) is 46.3 Å². The highest BCUT2D eigenvalue weighted by Crippen LogP contribution is 2.35. The van der Waals surface area contributed by atoms with Gasteiger partial charge in [0, 0.05) is 32.7 Å². The van der Waals surface area contributed by atoms with Gasteiger partial charge in [-0.3, -0.25) is 24.1 Å². The minimum Gasteiger partial charge on any atom is -0.468 e. The van der Waals surface area contributed by atoms with Gasteiger partial charge in [0.05, 0.1) is 18.6 Å². The summed E-state index contributed by atoms with van der Waals surface area (Å²) < 4.78 is 7.32. The smallest absolute Gasteiger partial charge is 0.325 e. The maximum Gasteiger partial charge on any atom is 0.325 e.